The molecule has 2 aromatic heterocycles. The van der Waals surface area contributed by atoms with E-state index in [1.807, 2.05) is 10.7 Å². The first-order valence-electron chi connectivity index (χ1n) is 9.64. The van der Waals surface area contributed by atoms with Gasteiger partial charge in [-0.2, -0.15) is 0 Å². The molecule has 1 atom stereocenters. The number of fused-ring (bicyclic) bond motifs is 1. The normalized spacial score (nSPS) is 12.7. The van der Waals surface area contributed by atoms with E-state index in [2.05, 4.69) is 84.9 Å². The molecule has 144 valence electrons. The summed E-state index contributed by atoms with van der Waals surface area (Å²) in [4.78, 5) is 7.11. The highest BCUT2D eigenvalue weighted by molar-refractivity contribution is 7.18. The molecule has 0 aliphatic heterocycles. The van der Waals surface area contributed by atoms with Crippen LogP contribution in [0.15, 0.2) is 54.7 Å². The minimum Gasteiger partial charge on any atom is -0.309 e. The van der Waals surface area contributed by atoms with Gasteiger partial charge in [-0.15, -0.1) is 16.4 Å². The molecule has 4 aromatic rings. The van der Waals surface area contributed by atoms with Crippen molar-refractivity contribution in [3.05, 3.63) is 76.6 Å². The second-order valence-corrected chi connectivity index (χ2v) is 8.33. The minimum atomic E-state index is -0.0655. The molecule has 0 N–H and O–H groups in total. The lowest BCUT2D eigenvalue weighted by atomic mass is 10.1. The highest BCUT2D eigenvalue weighted by Gasteiger charge is 2.22. The first-order valence-corrected chi connectivity index (χ1v) is 10.5. The lowest BCUT2D eigenvalue weighted by Crippen LogP contribution is -2.15. The van der Waals surface area contributed by atoms with Crippen LogP contribution >= 0.6 is 11.3 Å². The summed E-state index contributed by atoms with van der Waals surface area (Å²) in [6.45, 7) is 3.14. The summed E-state index contributed by atoms with van der Waals surface area (Å²) >= 11 is 1.74. The molecule has 2 heterocycles. The van der Waals surface area contributed by atoms with Crippen molar-refractivity contribution < 1.29 is 0 Å². The largest absolute Gasteiger partial charge is 0.309 e. The summed E-state index contributed by atoms with van der Waals surface area (Å²) in [6.07, 6.45) is 3.97. The SMILES string of the molecule is CCc1ccc2nc(C(c3ccccc3)n3cc(CCN(C)C)nn3)sc2c1. The number of hydrogen-bond donors (Lipinski definition) is 0. The van der Waals surface area contributed by atoms with Crippen molar-refractivity contribution in [2.24, 2.45) is 0 Å². The number of rotatable bonds is 7. The second-order valence-electron chi connectivity index (χ2n) is 7.26. The quantitative estimate of drug-likeness (QED) is 0.474. The van der Waals surface area contributed by atoms with E-state index in [1.54, 1.807) is 11.3 Å². The lowest BCUT2D eigenvalue weighted by molar-refractivity contribution is 0.411. The van der Waals surface area contributed by atoms with Crippen molar-refractivity contribution in [2.75, 3.05) is 20.6 Å². The zero-order chi connectivity index (χ0) is 19.5. The first-order chi connectivity index (χ1) is 13.6. The van der Waals surface area contributed by atoms with Gasteiger partial charge in [0.2, 0.25) is 0 Å². The first kappa shape index (κ1) is 18.8. The van der Waals surface area contributed by atoms with Crippen LogP contribution in [0.2, 0.25) is 0 Å². The van der Waals surface area contributed by atoms with E-state index in [9.17, 15) is 0 Å². The summed E-state index contributed by atoms with van der Waals surface area (Å²) in [6, 6.07) is 16.9. The van der Waals surface area contributed by atoms with Crippen LogP contribution in [0.1, 0.15) is 34.8 Å². The third kappa shape index (κ3) is 3.98. The summed E-state index contributed by atoms with van der Waals surface area (Å²) in [5.41, 5.74) is 4.56. The van der Waals surface area contributed by atoms with Crippen LogP contribution in [-0.4, -0.2) is 45.5 Å². The second kappa shape index (κ2) is 8.20. The number of thiazole rings is 1. The smallest absolute Gasteiger partial charge is 0.130 e. The van der Waals surface area contributed by atoms with Crippen LogP contribution < -0.4 is 0 Å². The summed E-state index contributed by atoms with van der Waals surface area (Å²) in [7, 11) is 4.14. The molecule has 0 aliphatic carbocycles. The number of aromatic nitrogens is 4. The summed E-state index contributed by atoms with van der Waals surface area (Å²) in [5, 5.41) is 9.91. The molecule has 0 radical (unpaired) electrons. The van der Waals surface area contributed by atoms with E-state index in [1.165, 1.54) is 15.8 Å². The molecule has 6 heteroatoms. The number of benzene rings is 2. The van der Waals surface area contributed by atoms with Crippen molar-refractivity contribution in [2.45, 2.75) is 25.8 Å². The standard InChI is InChI=1S/C22H25N5S/c1-4-16-10-11-19-20(14-16)28-22(23-19)21(17-8-6-5-7-9-17)27-15-18(24-25-27)12-13-26(2)3/h5-11,14-15,21H,4,12-13H2,1-3H3. The van der Waals surface area contributed by atoms with Gasteiger partial charge in [0.05, 0.1) is 15.9 Å². The molecule has 0 amide bonds. The van der Waals surface area contributed by atoms with Gasteiger partial charge in [0.1, 0.15) is 11.0 Å². The highest BCUT2D eigenvalue weighted by Crippen LogP contribution is 2.33. The average Bonchev–Trinajstić information content (AvgIpc) is 3.34. The van der Waals surface area contributed by atoms with Crippen LogP contribution in [-0.2, 0) is 12.8 Å². The van der Waals surface area contributed by atoms with E-state index in [4.69, 9.17) is 4.98 Å². The number of hydrogen-bond acceptors (Lipinski definition) is 5. The maximum Gasteiger partial charge on any atom is 0.130 e. The Morgan fingerprint density at radius 1 is 1.11 bits per heavy atom. The number of nitrogens with zero attached hydrogens (tertiary/aromatic N) is 5. The molecular formula is C22H25N5S. The molecule has 0 bridgehead atoms. The fourth-order valence-corrected chi connectivity index (χ4v) is 4.41. The van der Waals surface area contributed by atoms with Gasteiger partial charge in [-0.1, -0.05) is 48.5 Å². The van der Waals surface area contributed by atoms with Crippen LogP contribution in [0.5, 0.6) is 0 Å². The molecular weight excluding hydrogens is 366 g/mol. The minimum absolute atomic E-state index is 0.0655. The molecule has 1 unspecified atom stereocenters. The molecule has 4 rings (SSSR count). The Kier molecular flexibility index (Phi) is 5.50. The number of likely N-dealkylation sites (N-methyl/N-ethyl adjacent to an activating group) is 1. The van der Waals surface area contributed by atoms with Gasteiger partial charge in [-0.25, -0.2) is 9.67 Å². The van der Waals surface area contributed by atoms with Gasteiger partial charge in [-0.05, 0) is 43.8 Å². The maximum absolute atomic E-state index is 4.95. The Morgan fingerprint density at radius 2 is 1.93 bits per heavy atom. The van der Waals surface area contributed by atoms with Gasteiger partial charge in [0, 0.05) is 19.2 Å². The molecule has 5 nitrogen and oxygen atoms in total. The monoisotopic (exact) mass is 391 g/mol. The maximum atomic E-state index is 4.95. The molecule has 28 heavy (non-hydrogen) atoms. The molecule has 2 aromatic carbocycles. The van der Waals surface area contributed by atoms with Crippen LogP contribution in [0.4, 0.5) is 0 Å². The van der Waals surface area contributed by atoms with Crippen molar-refractivity contribution in [1.82, 2.24) is 24.9 Å². The lowest BCUT2D eigenvalue weighted by Gasteiger charge is -2.14. The fraction of sp³-hybridized carbons (Fsp3) is 0.318. The van der Waals surface area contributed by atoms with Gasteiger partial charge >= 0.3 is 0 Å². The van der Waals surface area contributed by atoms with E-state index < -0.39 is 0 Å². The van der Waals surface area contributed by atoms with Crippen molar-refractivity contribution in [3.63, 3.8) is 0 Å². The van der Waals surface area contributed by atoms with Crippen molar-refractivity contribution in [3.8, 4) is 0 Å². The van der Waals surface area contributed by atoms with Crippen LogP contribution in [0, 0.1) is 0 Å². The third-order valence-electron chi connectivity index (χ3n) is 4.86. The topological polar surface area (TPSA) is 46.8 Å². The molecule has 0 spiro atoms. The summed E-state index contributed by atoms with van der Waals surface area (Å²) in [5.74, 6) is 0. The zero-order valence-electron chi connectivity index (χ0n) is 16.5. The van der Waals surface area contributed by atoms with E-state index in [0.29, 0.717) is 0 Å². The Bertz CT molecular complexity index is 1050. The Morgan fingerprint density at radius 3 is 2.68 bits per heavy atom. The van der Waals surface area contributed by atoms with E-state index in [0.717, 1.165) is 35.6 Å². The Balaban J connectivity index is 1.74. The third-order valence-corrected chi connectivity index (χ3v) is 5.93. The van der Waals surface area contributed by atoms with Crippen LogP contribution in [0.25, 0.3) is 10.2 Å². The van der Waals surface area contributed by atoms with Crippen molar-refractivity contribution >= 4 is 21.6 Å². The Hall–Kier alpha value is -2.57. The van der Waals surface area contributed by atoms with E-state index >= 15 is 0 Å². The molecule has 0 saturated carbocycles. The van der Waals surface area contributed by atoms with E-state index in [-0.39, 0.29) is 6.04 Å². The van der Waals surface area contributed by atoms with Gasteiger partial charge < -0.3 is 4.90 Å². The zero-order valence-corrected chi connectivity index (χ0v) is 17.4. The fourth-order valence-electron chi connectivity index (χ4n) is 3.26. The molecule has 0 fully saturated rings. The Labute approximate surface area is 169 Å². The van der Waals surface area contributed by atoms with Gasteiger partial charge in [0.15, 0.2) is 0 Å². The van der Waals surface area contributed by atoms with Crippen molar-refractivity contribution in [1.29, 1.82) is 0 Å². The van der Waals surface area contributed by atoms with Crippen LogP contribution in [0.3, 0.4) is 0 Å². The summed E-state index contributed by atoms with van der Waals surface area (Å²) < 4.78 is 3.18. The molecule has 0 saturated heterocycles. The molecule has 0 aliphatic rings. The average molecular weight is 392 g/mol. The predicted molar refractivity (Wildman–Crippen MR) is 115 cm³/mol. The van der Waals surface area contributed by atoms with Gasteiger partial charge in [0.25, 0.3) is 0 Å². The predicted octanol–water partition coefficient (Wildman–Crippen LogP) is 4.19. The number of aryl methyl sites for hydroxylation is 1. The highest BCUT2D eigenvalue weighted by atomic mass is 32.1. The van der Waals surface area contributed by atoms with Gasteiger partial charge in [-0.3, -0.25) is 0 Å².